The summed E-state index contributed by atoms with van der Waals surface area (Å²) in [7, 11) is 0. The van der Waals surface area contributed by atoms with Crippen LogP contribution in [0.5, 0.6) is 0 Å². The molecule has 0 saturated carbocycles. The van der Waals surface area contributed by atoms with E-state index in [9.17, 15) is 13.2 Å². The summed E-state index contributed by atoms with van der Waals surface area (Å²) < 4.78 is 39.4. The first-order chi connectivity index (χ1) is 6.54. The summed E-state index contributed by atoms with van der Waals surface area (Å²) in [6.45, 7) is 0. The smallest absolute Gasteiger partial charge is 0.170 e. The summed E-state index contributed by atoms with van der Waals surface area (Å²) in [5.41, 5.74) is -1.06. The van der Waals surface area contributed by atoms with E-state index in [-0.39, 0.29) is 0 Å². The van der Waals surface area contributed by atoms with Gasteiger partial charge in [0.15, 0.2) is 17.5 Å². The molecule has 76 valence electrons. The molecule has 0 N–H and O–H groups in total. The van der Waals surface area contributed by atoms with Crippen molar-refractivity contribution in [3.05, 3.63) is 33.6 Å². The molecular weight excluding hydrogens is 256 g/mol. The lowest BCUT2D eigenvalue weighted by molar-refractivity contribution is 0.487. The Bertz CT molecular complexity index is 364. The van der Waals surface area contributed by atoms with Crippen molar-refractivity contribution in [3.63, 3.8) is 0 Å². The molecule has 0 amide bonds. The minimum Gasteiger partial charge on any atom is -0.205 e. The van der Waals surface area contributed by atoms with Crippen LogP contribution in [0, 0.1) is 17.5 Å². The Morgan fingerprint density at radius 3 is 2.14 bits per heavy atom. The molecule has 0 saturated heterocycles. The summed E-state index contributed by atoms with van der Waals surface area (Å²) in [5.74, 6) is -4.12. The van der Waals surface area contributed by atoms with Crippen LogP contribution in [0.3, 0.4) is 0 Å². The highest BCUT2D eigenvalue weighted by Crippen LogP contribution is 2.29. The molecule has 1 aromatic carbocycles. The number of halogens is 5. The molecular formula is C8H3Cl2F3S. The van der Waals surface area contributed by atoms with Crippen molar-refractivity contribution >= 4 is 40.8 Å². The molecule has 0 spiro atoms. The second-order valence-corrected chi connectivity index (χ2v) is 3.28. The number of alkyl halides is 1. The average Bonchev–Trinajstić information content (AvgIpc) is 2.17. The molecule has 0 atom stereocenters. The van der Waals surface area contributed by atoms with Gasteiger partial charge in [0, 0.05) is 10.9 Å². The van der Waals surface area contributed by atoms with Gasteiger partial charge in [-0.15, -0.1) is 11.6 Å². The molecule has 0 aliphatic carbocycles. The monoisotopic (exact) mass is 258 g/mol. The van der Waals surface area contributed by atoms with Gasteiger partial charge in [0.2, 0.25) is 0 Å². The van der Waals surface area contributed by atoms with Crippen molar-refractivity contribution < 1.29 is 13.2 Å². The third-order valence-corrected chi connectivity index (χ3v) is 2.54. The van der Waals surface area contributed by atoms with Gasteiger partial charge < -0.3 is 0 Å². The maximum Gasteiger partial charge on any atom is 0.170 e. The minimum atomic E-state index is -1.36. The third kappa shape index (κ3) is 1.74. The summed E-state index contributed by atoms with van der Waals surface area (Å²) in [5, 5.41) is 0.160. The van der Waals surface area contributed by atoms with E-state index in [1.807, 2.05) is 0 Å². The molecule has 0 aromatic heterocycles. The van der Waals surface area contributed by atoms with Crippen molar-refractivity contribution in [2.24, 2.45) is 0 Å². The fourth-order valence-electron chi connectivity index (χ4n) is 0.915. The zero-order chi connectivity index (χ0) is 10.9. The van der Waals surface area contributed by atoms with Crippen LogP contribution < -0.4 is 0 Å². The first-order valence-corrected chi connectivity index (χ1v) is 4.79. The predicted molar refractivity (Wildman–Crippen MR) is 53.6 cm³/mol. The zero-order valence-corrected chi connectivity index (χ0v) is 8.91. The Balaban J connectivity index is 3.63. The second kappa shape index (κ2) is 4.47. The van der Waals surface area contributed by atoms with Crippen molar-refractivity contribution in [2.75, 3.05) is 0 Å². The molecule has 0 nitrogen and oxygen atoms in total. The Hall–Kier alpha value is -0.320. The molecule has 0 aliphatic heterocycles. The van der Waals surface area contributed by atoms with Gasteiger partial charge in [-0.25, -0.2) is 13.2 Å². The Kier molecular flexibility index (Phi) is 3.75. The number of hydrogen-bond donors (Lipinski definition) is 0. The highest BCUT2D eigenvalue weighted by Gasteiger charge is 2.21. The number of hydrogen-bond acceptors (Lipinski definition) is 1. The van der Waals surface area contributed by atoms with E-state index < -0.39 is 39.5 Å². The molecule has 1 rings (SSSR count). The molecule has 6 heteroatoms. The number of thiocarbonyl (C=S) groups is 1. The highest BCUT2D eigenvalue weighted by molar-refractivity contribution is 7.79. The fourth-order valence-corrected chi connectivity index (χ4v) is 1.69. The standard InChI is InChI=1S/C8H3Cl2F3S/c9-1-3-5(10)6(11)4(2-14)8(13)7(3)12/h2H,1H2. The van der Waals surface area contributed by atoms with Crippen LogP contribution in [0.4, 0.5) is 13.2 Å². The van der Waals surface area contributed by atoms with Crippen LogP contribution in [0.2, 0.25) is 5.02 Å². The number of rotatable bonds is 2. The van der Waals surface area contributed by atoms with Crippen LogP contribution in [-0.2, 0) is 5.88 Å². The first kappa shape index (κ1) is 11.8. The van der Waals surface area contributed by atoms with Gasteiger partial charge in [0.1, 0.15) is 0 Å². The lowest BCUT2D eigenvalue weighted by Crippen LogP contribution is -2.03. The molecule has 0 aliphatic rings. The Morgan fingerprint density at radius 2 is 1.71 bits per heavy atom. The topological polar surface area (TPSA) is 0 Å². The van der Waals surface area contributed by atoms with Gasteiger partial charge in [0.25, 0.3) is 0 Å². The van der Waals surface area contributed by atoms with E-state index in [2.05, 4.69) is 12.2 Å². The molecule has 1 aromatic rings. The quantitative estimate of drug-likeness (QED) is 0.441. The van der Waals surface area contributed by atoms with E-state index in [1.54, 1.807) is 0 Å². The van der Waals surface area contributed by atoms with Crippen LogP contribution >= 0.6 is 35.4 Å². The van der Waals surface area contributed by atoms with Crippen molar-refractivity contribution in [1.82, 2.24) is 0 Å². The van der Waals surface area contributed by atoms with Crippen LogP contribution in [-0.4, -0.2) is 5.37 Å². The molecule has 0 radical (unpaired) electrons. The van der Waals surface area contributed by atoms with Gasteiger partial charge in [-0.1, -0.05) is 23.8 Å². The van der Waals surface area contributed by atoms with E-state index in [4.69, 9.17) is 23.2 Å². The van der Waals surface area contributed by atoms with E-state index >= 15 is 0 Å². The van der Waals surface area contributed by atoms with Crippen molar-refractivity contribution in [1.29, 1.82) is 0 Å². The molecule has 0 fully saturated rings. The van der Waals surface area contributed by atoms with Gasteiger partial charge in [-0.2, -0.15) is 0 Å². The minimum absolute atomic E-state index is 0.399. The summed E-state index contributed by atoms with van der Waals surface area (Å²) >= 11 is 15.0. The van der Waals surface area contributed by atoms with Gasteiger partial charge >= 0.3 is 0 Å². The zero-order valence-electron chi connectivity index (χ0n) is 6.58. The summed E-state index contributed by atoms with van der Waals surface area (Å²) in [4.78, 5) is 0. The maximum absolute atomic E-state index is 13.2. The fraction of sp³-hybridized carbons (Fsp3) is 0.125. The van der Waals surface area contributed by atoms with Crippen molar-refractivity contribution in [3.8, 4) is 0 Å². The lowest BCUT2D eigenvalue weighted by atomic mass is 10.1. The summed E-state index contributed by atoms with van der Waals surface area (Å²) in [6, 6.07) is 0. The van der Waals surface area contributed by atoms with Gasteiger partial charge in [-0.05, 0) is 0 Å². The third-order valence-electron chi connectivity index (χ3n) is 1.64. The van der Waals surface area contributed by atoms with Crippen LogP contribution in [0.15, 0.2) is 0 Å². The maximum atomic E-state index is 13.2. The molecule has 0 bridgehead atoms. The highest BCUT2D eigenvalue weighted by atomic mass is 35.5. The predicted octanol–water partition coefficient (Wildman–Crippen LogP) is 3.84. The van der Waals surface area contributed by atoms with E-state index in [0.29, 0.717) is 5.37 Å². The Morgan fingerprint density at radius 1 is 1.14 bits per heavy atom. The summed E-state index contributed by atoms with van der Waals surface area (Å²) in [6.07, 6.45) is 0. The van der Waals surface area contributed by atoms with Crippen molar-refractivity contribution in [2.45, 2.75) is 5.88 Å². The van der Waals surface area contributed by atoms with E-state index in [0.717, 1.165) is 0 Å². The van der Waals surface area contributed by atoms with Gasteiger partial charge in [-0.3, -0.25) is 0 Å². The van der Waals surface area contributed by atoms with Gasteiger partial charge in [0.05, 0.1) is 16.5 Å². The van der Waals surface area contributed by atoms with Crippen LogP contribution in [0.25, 0.3) is 0 Å². The average molecular weight is 259 g/mol. The molecule has 0 heterocycles. The normalized spacial score (nSPS) is 10.4. The van der Waals surface area contributed by atoms with Crippen LogP contribution in [0.1, 0.15) is 11.1 Å². The molecule has 0 unspecified atom stereocenters. The number of benzene rings is 1. The second-order valence-electron chi connectivity index (χ2n) is 2.40. The largest absolute Gasteiger partial charge is 0.205 e. The van der Waals surface area contributed by atoms with E-state index in [1.165, 1.54) is 0 Å². The Labute approximate surface area is 93.6 Å². The molecule has 14 heavy (non-hydrogen) atoms. The SMILES string of the molecule is Fc1c(F)c(CCl)c(Cl)c(F)c1C=S. The lowest BCUT2D eigenvalue weighted by Gasteiger charge is -2.07. The first-order valence-electron chi connectivity index (χ1n) is 3.40.